The van der Waals surface area contributed by atoms with E-state index in [1.807, 2.05) is 0 Å². The molecule has 5 rings (SSSR count). The van der Waals surface area contributed by atoms with Crippen LogP contribution in [-0.2, 0) is 10.8 Å². The second-order valence-corrected chi connectivity index (χ2v) is 21.3. The normalized spacial score (nSPS) is 15.5. The third kappa shape index (κ3) is 11.0. The molecule has 3 aromatic rings. The molecular weight excluding hydrogens is 674 g/mol. The maximum Gasteiger partial charge on any atom is 0.202 e. The largest absolute Gasteiger partial charge is 0.342 e. The maximum atomic E-state index is 5.23. The van der Waals surface area contributed by atoms with E-state index in [0.29, 0.717) is 0 Å². The van der Waals surface area contributed by atoms with Gasteiger partial charge in [0.25, 0.3) is 0 Å². The van der Waals surface area contributed by atoms with E-state index in [1.54, 1.807) is 0 Å². The molecule has 284 valence electrons. The zero-order valence-electron chi connectivity index (χ0n) is 34.4. The summed E-state index contributed by atoms with van der Waals surface area (Å²) < 4.78 is 5.12. The van der Waals surface area contributed by atoms with E-state index in [0.717, 1.165) is 18.2 Å². The van der Waals surface area contributed by atoms with Gasteiger partial charge >= 0.3 is 0 Å². The molecule has 0 saturated carbocycles. The number of fused-ring (bicyclic) bond motifs is 1. The van der Waals surface area contributed by atoms with Crippen molar-refractivity contribution in [3.63, 3.8) is 0 Å². The third-order valence-corrected chi connectivity index (χ3v) is 14.6. The van der Waals surface area contributed by atoms with Crippen molar-refractivity contribution in [1.82, 2.24) is 14.2 Å². The predicted molar refractivity (Wildman–Crippen MR) is 234 cm³/mol. The highest BCUT2D eigenvalue weighted by molar-refractivity contribution is 7.71. The van der Waals surface area contributed by atoms with Crippen LogP contribution in [0.1, 0.15) is 107 Å². The van der Waals surface area contributed by atoms with E-state index < -0.39 is 8.07 Å². The Morgan fingerprint density at radius 2 is 1.37 bits per heavy atom. The molecule has 2 aliphatic heterocycles. The molecule has 2 aliphatic rings. The lowest BCUT2D eigenvalue weighted by Crippen LogP contribution is -2.50. The molecule has 0 radical (unpaired) electrons. The van der Waals surface area contributed by atoms with Gasteiger partial charge < -0.3 is 19.6 Å². The highest BCUT2D eigenvalue weighted by Gasteiger charge is 2.31. The maximum absolute atomic E-state index is 5.23. The quantitative estimate of drug-likeness (QED) is 0.135. The molecule has 0 aliphatic carbocycles. The van der Waals surface area contributed by atoms with Crippen LogP contribution in [0.5, 0.6) is 0 Å². The molecule has 0 atom stereocenters. The number of guanidine groups is 2. The smallest absolute Gasteiger partial charge is 0.202 e. The molecule has 2 heterocycles. The summed E-state index contributed by atoms with van der Waals surface area (Å²) in [6.45, 7) is 31.9. The Kier molecular flexibility index (Phi) is 15.2. The summed E-state index contributed by atoms with van der Waals surface area (Å²) in [6.07, 6.45) is 5.17. The van der Waals surface area contributed by atoms with E-state index in [4.69, 9.17) is 9.98 Å². The molecule has 0 bridgehead atoms. The Hall–Kier alpha value is -2.94. The van der Waals surface area contributed by atoms with Crippen molar-refractivity contribution in [2.75, 3.05) is 43.8 Å². The first-order chi connectivity index (χ1) is 24.6. The third-order valence-electron chi connectivity index (χ3n) is 9.47. The van der Waals surface area contributed by atoms with Gasteiger partial charge in [-0.05, 0) is 89.0 Å². The number of hydrogen-bond acceptors (Lipinski definition) is 4. The lowest BCUT2D eigenvalue weighted by atomic mass is 9.81. The molecule has 0 unspecified atom stereocenters. The van der Waals surface area contributed by atoms with Crippen LogP contribution >= 0.6 is 16.1 Å². The van der Waals surface area contributed by atoms with Gasteiger partial charge in [-0.25, -0.2) is 4.99 Å². The second-order valence-electron chi connectivity index (χ2n) is 16.5. The van der Waals surface area contributed by atoms with Crippen LogP contribution < -0.4 is 15.9 Å². The van der Waals surface area contributed by atoms with Gasteiger partial charge in [-0.1, -0.05) is 128 Å². The number of benzene rings is 3. The van der Waals surface area contributed by atoms with Crippen LogP contribution in [-0.4, -0.2) is 76.7 Å². The number of anilines is 1. The van der Waals surface area contributed by atoms with Gasteiger partial charge in [0.05, 0.1) is 8.07 Å². The Balaban J connectivity index is 0.000000334. The zero-order chi connectivity index (χ0) is 38.1. The topological polar surface area (TPSA) is 46.5 Å². The van der Waals surface area contributed by atoms with Crippen LogP contribution in [0, 0.1) is 0 Å². The highest BCUT2D eigenvalue weighted by Crippen LogP contribution is 2.43. The van der Waals surface area contributed by atoms with Gasteiger partial charge in [0.1, 0.15) is 0 Å². The summed E-state index contributed by atoms with van der Waals surface area (Å²) in [6, 6.07) is 29.1. The molecule has 1 saturated heterocycles. The minimum atomic E-state index is -0.848. The van der Waals surface area contributed by atoms with Crippen molar-refractivity contribution in [2.45, 2.75) is 119 Å². The fourth-order valence-corrected chi connectivity index (χ4v) is 11.3. The lowest BCUT2D eigenvalue weighted by Gasteiger charge is -2.44. The minimum absolute atomic E-state index is 0.00601. The first kappa shape index (κ1) is 41.8. The number of nitrogens with one attached hydrogen (secondary N) is 1. The molecule has 0 aromatic heterocycles. The van der Waals surface area contributed by atoms with E-state index in [9.17, 15) is 0 Å². The van der Waals surface area contributed by atoms with Gasteiger partial charge in [-0.3, -0.25) is 4.99 Å². The summed E-state index contributed by atoms with van der Waals surface area (Å²) in [7, 11) is -0.805. The summed E-state index contributed by atoms with van der Waals surface area (Å²) >= 11 is 0. The predicted octanol–water partition coefficient (Wildman–Crippen LogP) is 10.4. The Morgan fingerprint density at radius 3 is 1.87 bits per heavy atom. The monoisotopic (exact) mass is 742 g/mol. The molecule has 8 heteroatoms. The number of nitrogens with zero attached hydrogens (tertiary/aromatic N) is 5. The molecule has 0 amide bonds. The van der Waals surface area contributed by atoms with Gasteiger partial charge in [-0.15, -0.1) is 0 Å². The van der Waals surface area contributed by atoms with Gasteiger partial charge in [0.2, 0.25) is 5.96 Å². The van der Waals surface area contributed by atoms with Crippen molar-refractivity contribution in [2.24, 2.45) is 9.98 Å². The SMILES string of the molecule is CC(C)N=C(Nc1cc(C(C)(C)C)ccc1C(C)(C)C)N(C(C)C)P(c1ccccc1)c1ccccc1.CCP(CC)N1CCCN2CCCN=C21. The van der Waals surface area contributed by atoms with Crippen LogP contribution in [0.4, 0.5) is 5.69 Å². The molecule has 1 N–H and O–H groups in total. The molecule has 3 aromatic carbocycles. The Bertz CT molecular complexity index is 1550. The Morgan fingerprint density at radius 1 is 0.788 bits per heavy atom. The van der Waals surface area contributed by atoms with Crippen molar-refractivity contribution in [1.29, 1.82) is 0 Å². The second kappa shape index (κ2) is 18.9. The zero-order valence-corrected chi connectivity index (χ0v) is 36.2. The molecule has 0 spiro atoms. The average Bonchev–Trinajstić information content (AvgIpc) is 3.10. The summed E-state index contributed by atoms with van der Waals surface area (Å²) in [5.41, 5.74) is 3.80. The van der Waals surface area contributed by atoms with Crippen molar-refractivity contribution in [3.8, 4) is 0 Å². The first-order valence-electron chi connectivity index (χ1n) is 19.7. The Labute approximate surface area is 320 Å². The fraction of sp³-hybridized carbons (Fsp3) is 0.545. The minimum Gasteiger partial charge on any atom is -0.342 e. The summed E-state index contributed by atoms with van der Waals surface area (Å²) in [5, 5.41) is 6.52. The van der Waals surface area contributed by atoms with E-state index in [1.165, 1.54) is 72.5 Å². The van der Waals surface area contributed by atoms with E-state index in [2.05, 4.69) is 182 Å². The van der Waals surface area contributed by atoms with Crippen molar-refractivity contribution < 1.29 is 0 Å². The van der Waals surface area contributed by atoms with Crippen LogP contribution in [0.2, 0.25) is 0 Å². The number of rotatable bonds is 9. The lowest BCUT2D eigenvalue weighted by molar-refractivity contribution is 0.305. The van der Waals surface area contributed by atoms with Crippen molar-refractivity contribution in [3.05, 3.63) is 90.0 Å². The van der Waals surface area contributed by atoms with Crippen LogP contribution in [0.15, 0.2) is 88.8 Å². The molecular formula is C44H68N6P2. The highest BCUT2D eigenvalue weighted by atomic mass is 31.1. The van der Waals surface area contributed by atoms with E-state index >= 15 is 0 Å². The molecule has 6 nitrogen and oxygen atoms in total. The van der Waals surface area contributed by atoms with Crippen LogP contribution in [0.25, 0.3) is 0 Å². The molecule has 52 heavy (non-hydrogen) atoms. The molecule has 1 fully saturated rings. The van der Waals surface area contributed by atoms with Gasteiger partial charge in [0, 0.05) is 54.6 Å². The van der Waals surface area contributed by atoms with Gasteiger partial charge in [-0.2, -0.15) is 0 Å². The van der Waals surface area contributed by atoms with Crippen molar-refractivity contribution >= 4 is 44.4 Å². The van der Waals surface area contributed by atoms with Crippen LogP contribution in [0.3, 0.4) is 0 Å². The number of aliphatic imine (C=N–C) groups is 2. The van der Waals surface area contributed by atoms with E-state index in [-0.39, 0.29) is 31.0 Å². The first-order valence-corrected chi connectivity index (χ1v) is 22.6. The fourth-order valence-electron chi connectivity index (χ4n) is 6.83. The standard InChI is InChI=1S/C33H46N3P.C11H22N3P/c1-24(2)34-31(35-30-23-26(32(5,6)7)21-22-29(30)33(8,9)10)36(25(3)4)37(27-17-13-11-14-18-27)28-19-15-12-16-20-28;1-3-15(4-2)14-10-6-9-13-8-5-7-12-11(13)14/h11-25H,1-10H3,(H,34,35);3-10H2,1-2H3. The average molecular weight is 743 g/mol. The number of hydrogen-bond donors (Lipinski definition) is 1. The summed E-state index contributed by atoms with van der Waals surface area (Å²) in [4.78, 5) is 12.5. The van der Waals surface area contributed by atoms with Gasteiger partial charge in [0.15, 0.2) is 5.96 Å². The summed E-state index contributed by atoms with van der Waals surface area (Å²) in [5.74, 6) is 2.25.